The fourth-order valence-corrected chi connectivity index (χ4v) is 7.32. The SMILES string of the molecule is CC/C=C\C/C=C\C/C=C\C/C=C\C/C=C\CCCCCC(=O)OCC(COC(=O)CCC/C=C\C/C=C\C/C=C\CCCCCCCC)OC(=O)CCC/C=C\C/C=C\C/C=C\CCCCCCCC. The highest BCUT2D eigenvalue weighted by molar-refractivity contribution is 5.71. The molecule has 71 heavy (non-hydrogen) atoms. The molecule has 0 aromatic heterocycles. The summed E-state index contributed by atoms with van der Waals surface area (Å²) < 4.78 is 16.7. The van der Waals surface area contributed by atoms with Gasteiger partial charge in [0.1, 0.15) is 13.2 Å². The number of hydrogen-bond acceptors (Lipinski definition) is 6. The van der Waals surface area contributed by atoms with Crippen molar-refractivity contribution in [1.29, 1.82) is 0 Å². The molecular weight excluding hydrogens is 877 g/mol. The summed E-state index contributed by atoms with van der Waals surface area (Å²) >= 11 is 0. The van der Waals surface area contributed by atoms with E-state index in [0.717, 1.165) is 96.3 Å². The topological polar surface area (TPSA) is 78.9 Å². The van der Waals surface area contributed by atoms with Crippen LogP contribution in [0.25, 0.3) is 0 Å². The zero-order valence-electron chi connectivity index (χ0n) is 45.7. The molecule has 0 amide bonds. The van der Waals surface area contributed by atoms with Gasteiger partial charge in [-0.15, -0.1) is 0 Å². The number of carbonyl (C=O) groups excluding carboxylic acids is 3. The molecule has 0 saturated heterocycles. The molecule has 0 rings (SSSR count). The van der Waals surface area contributed by atoms with Crippen LogP contribution in [0.4, 0.5) is 0 Å². The van der Waals surface area contributed by atoms with Crippen LogP contribution in [-0.2, 0) is 28.6 Å². The number of ether oxygens (including phenoxy) is 3. The van der Waals surface area contributed by atoms with Gasteiger partial charge in [-0.3, -0.25) is 14.4 Å². The van der Waals surface area contributed by atoms with Gasteiger partial charge in [0.15, 0.2) is 6.10 Å². The molecule has 0 aliphatic heterocycles. The Balaban J connectivity index is 4.62. The van der Waals surface area contributed by atoms with Gasteiger partial charge in [-0.05, 0) is 128 Å². The molecule has 1 unspecified atom stereocenters. The smallest absolute Gasteiger partial charge is 0.306 e. The van der Waals surface area contributed by atoms with Crippen molar-refractivity contribution in [2.24, 2.45) is 0 Å². The average molecular weight is 982 g/mol. The summed E-state index contributed by atoms with van der Waals surface area (Å²) in [7, 11) is 0. The van der Waals surface area contributed by atoms with Crippen LogP contribution in [0.2, 0.25) is 0 Å². The maximum absolute atomic E-state index is 12.8. The lowest BCUT2D eigenvalue weighted by Crippen LogP contribution is -2.30. The first-order valence-electron chi connectivity index (χ1n) is 28.7. The minimum absolute atomic E-state index is 0.135. The van der Waals surface area contributed by atoms with Crippen LogP contribution >= 0.6 is 0 Å². The van der Waals surface area contributed by atoms with Gasteiger partial charge in [-0.25, -0.2) is 0 Å². The molecule has 0 aliphatic carbocycles. The molecule has 1 atom stereocenters. The number of allylic oxidation sites excluding steroid dienone is 22. The Morgan fingerprint density at radius 1 is 0.296 bits per heavy atom. The largest absolute Gasteiger partial charge is 0.462 e. The Morgan fingerprint density at radius 3 is 0.915 bits per heavy atom. The van der Waals surface area contributed by atoms with Crippen LogP contribution in [0.3, 0.4) is 0 Å². The van der Waals surface area contributed by atoms with E-state index in [1.54, 1.807) is 0 Å². The Labute approximate surface area is 436 Å². The number of hydrogen-bond donors (Lipinski definition) is 0. The lowest BCUT2D eigenvalue weighted by molar-refractivity contribution is -0.167. The van der Waals surface area contributed by atoms with Crippen molar-refractivity contribution in [3.63, 3.8) is 0 Å². The summed E-state index contributed by atoms with van der Waals surface area (Å²) in [6.07, 6.45) is 81.7. The fourth-order valence-electron chi connectivity index (χ4n) is 7.32. The second-order valence-corrected chi connectivity index (χ2v) is 18.5. The summed E-state index contributed by atoms with van der Waals surface area (Å²) in [6.45, 7) is 6.39. The van der Waals surface area contributed by atoms with Crippen LogP contribution < -0.4 is 0 Å². The van der Waals surface area contributed by atoms with Crippen LogP contribution in [0, 0.1) is 0 Å². The van der Waals surface area contributed by atoms with Gasteiger partial charge < -0.3 is 14.2 Å². The summed E-state index contributed by atoms with van der Waals surface area (Å²) in [5.74, 6) is -1.08. The first kappa shape index (κ1) is 66.6. The van der Waals surface area contributed by atoms with E-state index < -0.39 is 6.10 Å². The molecule has 0 N–H and O–H groups in total. The number of unbranched alkanes of at least 4 members (excludes halogenated alkanes) is 17. The first-order chi connectivity index (χ1) is 35.0. The second kappa shape index (κ2) is 58.1. The van der Waals surface area contributed by atoms with Crippen molar-refractivity contribution in [1.82, 2.24) is 0 Å². The highest BCUT2D eigenvalue weighted by Crippen LogP contribution is 2.11. The van der Waals surface area contributed by atoms with Crippen molar-refractivity contribution in [2.75, 3.05) is 13.2 Å². The third-order valence-corrected chi connectivity index (χ3v) is 11.6. The predicted molar refractivity (Wildman–Crippen MR) is 306 cm³/mol. The number of rotatable bonds is 50. The molecule has 0 aromatic carbocycles. The highest BCUT2D eigenvalue weighted by Gasteiger charge is 2.19. The molecule has 0 aliphatic rings. The van der Waals surface area contributed by atoms with Gasteiger partial charge in [0.25, 0.3) is 0 Å². The standard InChI is InChI=1S/C65H104O6/c1-4-7-10-13-16-19-22-25-28-31-32-35-37-40-43-46-49-52-55-58-64(67)70-61-62(71-65(68)59-56-53-50-47-44-41-38-34-30-27-24-21-18-15-12-9-6-3)60-69-63(66)57-54-51-48-45-42-39-36-33-29-26-23-20-17-14-11-8-5-2/h7,10,16,19,25-30,32,35-36,38-41,43,45,47-48,50,62H,4-6,8-9,11-15,17-18,20-24,31,33-34,37,42,44,46,49,51-61H2,1-3H3/b10-7-,19-16-,28-25-,29-26-,30-27-,35-32-,39-36-,41-38-,43-40-,48-45-,50-47-. The maximum atomic E-state index is 12.8. The number of esters is 3. The van der Waals surface area contributed by atoms with E-state index in [-0.39, 0.29) is 44.0 Å². The van der Waals surface area contributed by atoms with Crippen LogP contribution in [0.1, 0.15) is 239 Å². The minimum Gasteiger partial charge on any atom is -0.462 e. The summed E-state index contributed by atoms with van der Waals surface area (Å²) in [5.41, 5.74) is 0. The highest BCUT2D eigenvalue weighted by atomic mass is 16.6. The van der Waals surface area contributed by atoms with E-state index in [4.69, 9.17) is 14.2 Å². The summed E-state index contributed by atoms with van der Waals surface area (Å²) in [4.78, 5) is 38.1. The Bertz CT molecular complexity index is 1550. The Hall–Kier alpha value is -4.45. The predicted octanol–water partition coefficient (Wildman–Crippen LogP) is 19.4. The van der Waals surface area contributed by atoms with Crippen molar-refractivity contribution in [3.8, 4) is 0 Å². The van der Waals surface area contributed by atoms with Gasteiger partial charge >= 0.3 is 17.9 Å². The van der Waals surface area contributed by atoms with Gasteiger partial charge in [-0.2, -0.15) is 0 Å². The van der Waals surface area contributed by atoms with Crippen LogP contribution in [-0.4, -0.2) is 37.2 Å². The molecule has 6 heteroatoms. The van der Waals surface area contributed by atoms with Crippen molar-refractivity contribution in [3.05, 3.63) is 134 Å². The van der Waals surface area contributed by atoms with E-state index in [0.29, 0.717) is 19.3 Å². The van der Waals surface area contributed by atoms with Gasteiger partial charge in [0.05, 0.1) is 0 Å². The van der Waals surface area contributed by atoms with Crippen LogP contribution in [0.5, 0.6) is 0 Å². The van der Waals surface area contributed by atoms with E-state index in [9.17, 15) is 14.4 Å². The molecular formula is C65H104O6. The van der Waals surface area contributed by atoms with Crippen LogP contribution in [0.15, 0.2) is 134 Å². The molecule has 0 fully saturated rings. The normalized spacial score (nSPS) is 13.1. The summed E-state index contributed by atoms with van der Waals surface area (Å²) in [6, 6.07) is 0. The zero-order valence-corrected chi connectivity index (χ0v) is 45.7. The summed E-state index contributed by atoms with van der Waals surface area (Å²) in [5, 5.41) is 0. The third kappa shape index (κ3) is 56.3. The van der Waals surface area contributed by atoms with Crippen molar-refractivity contribution in [2.45, 2.75) is 245 Å². The zero-order chi connectivity index (χ0) is 51.4. The Kier molecular flexibility index (Phi) is 54.5. The van der Waals surface area contributed by atoms with Gasteiger partial charge in [0.2, 0.25) is 0 Å². The van der Waals surface area contributed by atoms with Gasteiger partial charge in [-0.1, -0.05) is 225 Å². The molecule has 0 aromatic rings. The molecule has 0 heterocycles. The van der Waals surface area contributed by atoms with Crippen molar-refractivity contribution < 1.29 is 28.6 Å². The Morgan fingerprint density at radius 2 is 0.563 bits per heavy atom. The van der Waals surface area contributed by atoms with E-state index in [1.165, 1.54) is 89.9 Å². The van der Waals surface area contributed by atoms with Crippen molar-refractivity contribution >= 4 is 17.9 Å². The second-order valence-electron chi connectivity index (χ2n) is 18.5. The fraction of sp³-hybridized carbons (Fsp3) is 0.615. The molecule has 400 valence electrons. The molecule has 0 bridgehead atoms. The monoisotopic (exact) mass is 981 g/mol. The minimum atomic E-state index is -0.844. The van der Waals surface area contributed by atoms with E-state index in [2.05, 4.69) is 154 Å². The van der Waals surface area contributed by atoms with Gasteiger partial charge in [0, 0.05) is 19.3 Å². The molecule has 0 spiro atoms. The lowest BCUT2D eigenvalue weighted by atomic mass is 10.1. The molecule has 0 radical (unpaired) electrons. The molecule has 6 nitrogen and oxygen atoms in total. The lowest BCUT2D eigenvalue weighted by Gasteiger charge is -2.18. The third-order valence-electron chi connectivity index (χ3n) is 11.6. The maximum Gasteiger partial charge on any atom is 0.306 e. The quantitative estimate of drug-likeness (QED) is 0.0262. The number of carbonyl (C=O) groups is 3. The van der Waals surface area contributed by atoms with E-state index >= 15 is 0 Å². The van der Waals surface area contributed by atoms with E-state index in [1.807, 2.05) is 0 Å². The molecule has 0 saturated carbocycles. The average Bonchev–Trinajstić information content (AvgIpc) is 3.37. The first-order valence-corrected chi connectivity index (χ1v) is 28.7.